The average Bonchev–Trinajstić information content (AvgIpc) is 3.45. The minimum Gasteiger partial charge on any atom is -0.459 e. The van der Waals surface area contributed by atoms with Gasteiger partial charge in [-0.1, -0.05) is 44.2 Å². The van der Waals surface area contributed by atoms with Gasteiger partial charge in [-0.25, -0.2) is 4.98 Å². The monoisotopic (exact) mass is 468 g/mol. The summed E-state index contributed by atoms with van der Waals surface area (Å²) in [6, 6.07) is 12.8. The number of amides is 3. The van der Waals surface area contributed by atoms with Crippen molar-refractivity contribution in [1.82, 2.24) is 15.2 Å². The van der Waals surface area contributed by atoms with E-state index in [1.54, 1.807) is 17.5 Å². The predicted molar refractivity (Wildman–Crippen MR) is 127 cm³/mol. The molecular formula is C24H28N4O4S. The van der Waals surface area contributed by atoms with Gasteiger partial charge < -0.3 is 20.0 Å². The average molecular weight is 469 g/mol. The van der Waals surface area contributed by atoms with Crippen molar-refractivity contribution in [3.63, 3.8) is 0 Å². The van der Waals surface area contributed by atoms with Crippen LogP contribution in [0.5, 0.6) is 0 Å². The first-order valence-electron chi connectivity index (χ1n) is 10.7. The van der Waals surface area contributed by atoms with Gasteiger partial charge in [0.05, 0.1) is 24.4 Å². The van der Waals surface area contributed by atoms with Gasteiger partial charge in [0.2, 0.25) is 11.8 Å². The number of nitrogens with one attached hydrogen (secondary N) is 2. The third-order valence-corrected chi connectivity index (χ3v) is 5.56. The Morgan fingerprint density at radius 2 is 1.82 bits per heavy atom. The molecule has 0 aliphatic heterocycles. The first kappa shape index (κ1) is 24.2. The lowest BCUT2D eigenvalue weighted by Gasteiger charge is -2.22. The van der Waals surface area contributed by atoms with Crippen LogP contribution in [0.3, 0.4) is 0 Å². The summed E-state index contributed by atoms with van der Waals surface area (Å²) in [5.41, 5.74) is 1.59. The van der Waals surface area contributed by atoms with Crippen molar-refractivity contribution in [2.24, 2.45) is 5.92 Å². The second-order valence-electron chi connectivity index (χ2n) is 8.13. The summed E-state index contributed by atoms with van der Waals surface area (Å²) in [7, 11) is 0. The molecular weight excluding hydrogens is 440 g/mol. The van der Waals surface area contributed by atoms with Gasteiger partial charge in [-0.05, 0) is 30.5 Å². The number of anilines is 1. The zero-order valence-corrected chi connectivity index (χ0v) is 19.7. The smallest absolute Gasteiger partial charge is 0.290 e. The highest BCUT2D eigenvalue weighted by molar-refractivity contribution is 7.13. The van der Waals surface area contributed by atoms with E-state index in [4.69, 9.17) is 4.42 Å². The minimum atomic E-state index is -0.362. The molecule has 8 nitrogen and oxygen atoms in total. The molecule has 0 saturated heterocycles. The van der Waals surface area contributed by atoms with Crippen LogP contribution in [-0.4, -0.2) is 40.7 Å². The zero-order chi connectivity index (χ0) is 23.8. The van der Waals surface area contributed by atoms with Gasteiger partial charge in [0.1, 0.15) is 6.54 Å². The number of hydrogen-bond acceptors (Lipinski definition) is 6. The summed E-state index contributed by atoms with van der Waals surface area (Å²) in [4.78, 5) is 43.4. The van der Waals surface area contributed by atoms with Crippen LogP contribution in [-0.2, 0) is 16.0 Å². The summed E-state index contributed by atoms with van der Waals surface area (Å²) < 4.78 is 5.18. The van der Waals surface area contributed by atoms with E-state index in [1.807, 2.05) is 51.1 Å². The van der Waals surface area contributed by atoms with Crippen molar-refractivity contribution < 1.29 is 18.8 Å². The van der Waals surface area contributed by atoms with E-state index in [0.717, 1.165) is 5.56 Å². The first-order chi connectivity index (χ1) is 15.8. The molecule has 1 aromatic carbocycles. The quantitative estimate of drug-likeness (QED) is 0.470. The van der Waals surface area contributed by atoms with E-state index in [0.29, 0.717) is 17.4 Å². The molecule has 0 aliphatic carbocycles. The second-order valence-corrected chi connectivity index (χ2v) is 8.98. The van der Waals surface area contributed by atoms with Gasteiger partial charge in [0.15, 0.2) is 10.9 Å². The summed E-state index contributed by atoms with van der Waals surface area (Å²) in [5, 5.41) is 7.79. The fourth-order valence-corrected chi connectivity index (χ4v) is 4.00. The van der Waals surface area contributed by atoms with Crippen LogP contribution < -0.4 is 10.6 Å². The molecule has 3 aromatic rings. The number of benzene rings is 1. The van der Waals surface area contributed by atoms with Crippen LogP contribution in [0.2, 0.25) is 0 Å². The van der Waals surface area contributed by atoms with Crippen LogP contribution in [0.1, 0.15) is 48.6 Å². The van der Waals surface area contributed by atoms with Crippen molar-refractivity contribution in [2.75, 3.05) is 18.4 Å². The Balaban J connectivity index is 1.53. The molecule has 0 saturated carbocycles. The van der Waals surface area contributed by atoms with Crippen molar-refractivity contribution >= 4 is 34.2 Å². The maximum atomic E-state index is 12.6. The van der Waals surface area contributed by atoms with E-state index < -0.39 is 0 Å². The Morgan fingerprint density at radius 1 is 1.06 bits per heavy atom. The maximum Gasteiger partial charge on any atom is 0.290 e. The third-order valence-electron chi connectivity index (χ3n) is 4.76. The van der Waals surface area contributed by atoms with Gasteiger partial charge in [-0.2, -0.15) is 0 Å². The topological polar surface area (TPSA) is 105 Å². The largest absolute Gasteiger partial charge is 0.459 e. The lowest BCUT2D eigenvalue weighted by atomic mass is 10.1. The predicted octanol–water partition coefficient (Wildman–Crippen LogP) is 3.89. The summed E-state index contributed by atoms with van der Waals surface area (Å²) in [5.74, 6) is -0.483. The number of aromatic nitrogens is 1. The third kappa shape index (κ3) is 7.28. The number of nitrogens with zero attached hydrogens (tertiary/aromatic N) is 2. The van der Waals surface area contributed by atoms with Crippen LogP contribution in [0.4, 0.5) is 5.13 Å². The molecule has 0 unspecified atom stereocenters. The van der Waals surface area contributed by atoms with Crippen molar-refractivity contribution in [1.29, 1.82) is 0 Å². The fourth-order valence-electron chi connectivity index (χ4n) is 3.28. The van der Waals surface area contributed by atoms with E-state index >= 15 is 0 Å². The molecule has 9 heteroatoms. The maximum absolute atomic E-state index is 12.6. The van der Waals surface area contributed by atoms with Gasteiger partial charge in [0, 0.05) is 11.9 Å². The molecule has 3 amide bonds. The normalized spacial score (nSPS) is 11.8. The summed E-state index contributed by atoms with van der Waals surface area (Å²) in [6.07, 6.45) is 1.54. The Kier molecular flexibility index (Phi) is 8.37. The van der Waals surface area contributed by atoms with E-state index in [9.17, 15) is 14.4 Å². The lowest BCUT2D eigenvalue weighted by Crippen LogP contribution is -2.40. The van der Waals surface area contributed by atoms with Gasteiger partial charge in [-0.3, -0.25) is 14.4 Å². The minimum absolute atomic E-state index is 0.111. The number of carbonyl (C=O) groups is 3. The van der Waals surface area contributed by atoms with Crippen LogP contribution in [0, 0.1) is 5.92 Å². The van der Waals surface area contributed by atoms with Gasteiger partial charge >= 0.3 is 0 Å². The SMILES string of the molecule is CC(C)CN(CC(=O)Nc1nc(CC(=O)N[C@H](C)c2ccccc2)cs1)C(=O)c1ccco1. The summed E-state index contributed by atoms with van der Waals surface area (Å²) >= 11 is 1.24. The molecule has 3 rings (SSSR count). The number of hydrogen-bond donors (Lipinski definition) is 2. The van der Waals surface area contributed by atoms with Crippen molar-refractivity contribution in [2.45, 2.75) is 33.2 Å². The first-order valence-corrected chi connectivity index (χ1v) is 11.6. The number of rotatable bonds is 10. The second kappa shape index (κ2) is 11.4. The summed E-state index contributed by atoms with van der Waals surface area (Å²) in [6.45, 7) is 6.15. The van der Waals surface area contributed by atoms with Crippen LogP contribution in [0.25, 0.3) is 0 Å². The molecule has 1 atom stereocenters. The van der Waals surface area contributed by atoms with Crippen molar-refractivity contribution in [3.05, 3.63) is 71.1 Å². The molecule has 174 valence electrons. The lowest BCUT2D eigenvalue weighted by molar-refractivity contribution is -0.121. The molecule has 0 spiro atoms. The van der Waals surface area contributed by atoms with E-state index in [-0.39, 0.29) is 48.4 Å². The number of thiazole rings is 1. The highest BCUT2D eigenvalue weighted by Crippen LogP contribution is 2.17. The van der Waals surface area contributed by atoms with Gasteiger partial charge in [-0.15, -0.1) is 11.3 Å². The van der Waals surface area contributed by atoms with E-state index in [1.165, 1.54) is 22.5 Å². The Morgan fingerprint density at radius 3 is 2.48 bits per heavy atom. The van der Waals surface area contributed by atoms with Gasteiger partial charge in [0.25, 0.3) is 5.91 Å². The molecule has 0 fully saturated rings. The van der Waals surface area contributed by atoms with E-state index in [2.05, 4.69) is 15.6 Å². The molecule has 0 radical (unpaired) electrons. The molecule has 0 aliphatic rings. The van der Waals surface area contributed by atoms with Crippen molar-refractivity contribution in [3.8, 4) is 0 Å². The molecule has 2 aromatic heterocycles. The van der Waals surface area contributed by atoms with Crippen LogP contribution >= 0.6 is 11.3 Å². The molecule has 0 bridgehead atoms. The molecule has 33 heavy (non-hydrogen) atoms. The Bertz CT molecular complexity index is 1060. The highest BCUT2D eigenvalue weighted by atomic mass is 32.1. The molecule has 2 heterocycles. The standard InChI is InChI=1S/C24H28N4O4S/c1-16(2)13-28(23(31)20-10-7-11-32-20)14-22(30)27-24-26-19(15-33-24)12-21(29)25-17(3)18-8-5-4-6-9-18/h4-11,15-17H,12-14H2,1-3H3,(H,25,29)(H,26,27,30)/t17-/m1/s1. The fraction of sp³-hybridized carbons (Fsp3) is 0.333. The number of furan rings is 1. The zero-order valence-electron chi connectivity index (χ0n) is 18.9. The Hall–Kier alpha value is -3.46. The number of carbonyl (C=O) groups excluding carboxylic acids is 3. The molecule has 2 N–H and O–H groups in total. The Labute approximate surface area is 197 Å². The highest BCUT2D eigenvalue weighted by Gasteiger charge is 2.22. The van der Waals surface area contributed by atoms with Crippen LogP contribution in [0.15, 0.2) is 58.5 Å².